The van der Waals surface area contributed by atoms with Gasteiger partial charge in [-0.3, -0.25) is 4.79 Å². The van der Waals surface area contributed by atoms with Crippen LogP contribution in [0.25, 0.3) is 22.2 Å². The molecule has 30 heavy (non-hydrogen) atoms. The number of carbonyl (C=O) groups excluding carboxylic acids is 1. The van der Waals surface area contributed by atoms with E-state index in [0.29, 0.717) is 12.3 Å². The summed E-state index contributed by atoms with van der Waals surface area (Å²) in [5.74, 6) is 0.526. The third-order valence-corrected chi connectivity index (χ3v) is 4.96. The molecule has 0 atom stereocenters. The number of pyridine rings is 1. The predicted octanol–water partition coefficient (Wildman–Crippen LogP) is 4.95. The molecule has 4 rings (SSSR count). The third kappa shape index (κ3) is 4.84. The molecular weight excluding hydrogens is 372 g/mol. The monoisotopic (exact) mass is 396 g/mol. The first-order valence-corrected chi connectivity index (χ1v) is 10.1. The number of rotatable bonds is 7. The molecule has 0 bridgehead atoms. The van der Waals surface area contributed by atoms with E-state index in [9.17, 15) is 4.79 Å². The molecule has 4 nitrogen and oxygen atoms in total. The summed E-state index contributed by atoms with van der Waals surface area (Å²) in [4.78, 5) is 17.0. The average molecular weight is 396 g/mol. The van der Waals surface area contributed by atoms with E-state index >= 15 is 0 Å². The second-order valence-electron chi connectivity index (χ2n) is 7.26. The minimum Gasteiger partial charge on any atom is -0.483 e. The van der Waals surface area contributed by atoms with Crippen LogP contribution in [-0.2, 0) is 11.2 Å². The molecule has 0 aliphatic rings. The normalized spacial score (nSPS) is 10.7. The van der Waals surface area contributed by atoms with Crippen molar-refractivity contribution in [1.29, 1.82) is 0 Å². The number of fused-ring (bicyclic) bond motifs is 1. The van der Waals surface area contributed by atoms with Crippen LogP contribution in [0.15, 0.2) is 84.9 Å². The first kappa shape index (κ1) is 19.6. The van der Waals surface area contributed by atoms with Gasteiger partial charge in [0, 0.05) is 23.6 Å². The molecule has 0 aliphatic heterocycles. The predicted molar refractivity (Wildman–Crippen MR) is 121 cm³/mol. The zero-order valence-corrected chi connectivity index (χ0v) is 17.0. The number of para-hydroxylation sites is 1. The molecule has 1 aromatic heterocycles. The van der Waals surface area contributed by atoms with Gasteiger partial charge in [-0.25, -0.2) is 4.98 Å². The smallest absolute Gasteiger partial charge is 0.257 e. The highest BCUT2D eigenvalue weighted by molar-refractivity contribution is 5.88. The summed E-state index contributed by atoms with van der Waals surface area (Å²) in [5, 5.41) is 3.82. The van der Waals surface area contributed by atoms with Crippen molar-refractivity contribution in [3.8, 4) is 17.0 Å². The van der Waals surface area contributed by atoms with Crippen LogP contribution < -0.4 is 10.1 Å². The van der Waals surface area contributed by atoms with E-state index in [4.69, 9.17) is 9.72 Å². The van der Waals surface area contributed by atoms with Gasteiger partial charge in [0.2, 0.25) is 0 Å². The number of aromatic nitrogens is 1. The van der Waals surface area contributed by atoms with Gasteiger partial charge < -0.3 is 10.1 Å². The van der Waals surface area contributed by atoms with Gasteiger partial charge in [-0.2, -0.15) is 0 Å². The maximum atomic E-state index is 12.3. The molecule has 0 radical (unpaired) electrons. The number of ether oxygens (including phenoxy) is 1. The van der Waals surface area contributed by atoms with Gasteiger partial charge >= 0.3 is 0 Å². The molecule has 1 amide bonds. The van der Waals surface area contributed by atoms with Gasteiger partial charge in [-0.05, 0) is 31.0 Å². The molecule has 1 heterocycles. The summed E-state index contributed by atoms with van der Waals surface area (Å²) in [6.07, 6.45) is 0.794. The maximum Gasteiger partial charge on any atom is 0.257 e. The Bertz CT molecular complexity index is 1140. The van der Waals surface area contributed by atoms with Crippen molar-refractivity contribution < 1.29 is 9.53 Å². The van der Waals surface area contributed by atoms with Crippen LogP contribution in [0.3, 0.4) is 0 Å². The zero-order valence-electron chi connectivity index (χ0n) is 17.0. The average Bonchev–Trinajstić information content (AvgIpc) is 2.78. The lowest BCUT2D eigenvalue weighted by Gasteiger charge is -2.12. The largest absolute Gasteiger partial charge is 0.483 e. The lowest BCUT2D eigenvalue weighted by Crippen LogP contribution is -2.30. The van der Waals surface area contributed by atoms with E-state index < -0.39 is 0 Å². The number of benzene rings is 3. The van der Waals surface area contributed by atoms with Crippen LogP contribution >= 0.6 is 0 Å². The van der Waals surface area contributed by atoms with Crippen molar-refractivity contribution in [2.24, 2.45) is 0 Å². The van der Waals surface area contributed by atoms with Crippen molar-refractivity contribution in [2.75, 3.05) is 13.2 Å². The molecule has 3 aromatic carbocycles. The maximum absolute atomic E-state index is 12.3. The van der Waals surface area contributed by atoms with Gasteiger partial charge in [0.25, 0.3) is 5.91 Å². The quantitative estimate of drug-likeness (QED) is 0.481. The molecule has 0 fully saturated rings. The Balaban J connectivity index is 1.46. The Kier molecular flexibility index (Phi) is 6.04. The fourth-order valence-corrected chi connectivity index (χ4v) is 3.32. The second-order valence-corrected chi connectivity index (χ2v) is 7.26. The van der Waals surface area contributed by atoms with Crippen LogP contribution in [0.2, 0.25) is 0 Å². The van der Waals surface area contributed by atoms with E-state index in [-0.39, 0.29) is 12.5 Å². The highest BCUT2D eigenvalue weighted by Crippen LogP contribution is 2.30. The molecule has 0 spiro atoms. The lowest BCUT2D eigenvalue weighted by atomic mass is 10.1. The van der Waals surface area contributed by atoms with Crippen molar-refractivity contribution in [2.45, 2.75) is 13.3 Å². The van der Waals surface area contributed by atoms with Crippen LogP contribution in [0, 0.1) is 6.92 Å². The Morgan fingerprint density at radius 1 is 0.933 bits per heavy atom. The van der Waals surface area contributed by atoms with Crippen molar-refractivity contribution in [3.05, 3.63) is 96.1 Å². The number of nitrogens with one attached hydrogen (secondary N) is 1. The van der Waals surface area contributed by atoms with Crippen molar-refractivity contribution in [3.63, 3.8) is 0 Å². The zero-order chi connectivity index (χ0) is 20.8. The Morgan fingerprint density at radius 3 is 2.47 bits per heavy atom. The molecule has 4 aromatic rings. The molecule has 0 unspecified atom stereocenters. The number of hydrogen-bond donors (Lipinski definition) is 1. The highest BCUT2D eigenvalue weighted by atomic mass is 16.5. The first-order chi connectivity index (χ1) is 14.7. The first-order valence-electron chi connectivity index (χ1n) is 10.1. The lowest BCUT2D eigenvalue weighted by molar-refractivity contribution is -0.123. The minimum atomic E-state index is -0.135. The summed E-state index contributed by atoms with van der Waals surface area (Å²) in [6.45, 7) is 2.61. The minimum absolute atomic E-state index is 0.0316. The second kappa shape index (κ2) is 9.23. The Morgan fingerprint density at radius 2 is 1.67 bits per heavy atom. The standard InChI is InChI=1S/C26H24N2O2/c1-19-11-13-21(14-12-19)24-17-25(22-9-5-6-10-23(22)28-24)30-18-26(29)27-16-15-20-7-3-2-4-8-20/h2-14,17H,15-16,18H2,1H3,(H,27,29). The summed E-state index contributed by atoms with van der Waals surface area (Å²) < 4.78 is 5.92. The third-order valence-electron chi connectivity index (χ3n) is 4.96. The molecule has 150 valence electrons. The molecule has 0 aliphatic carbocycles. The summed E-state index contributed by atoms with van der Waals surface area (Å²) in [6, 6.07) is 28.0. The van der Waals surface area contributed by atoms with Crippen LogP contribution in [0.1, 0.15) is 11.1 Å². The van der Waals surface area contributed by atoms with Gasteiger partial charge in [0.05, 0.1) is 11.2 Å². The van der Waals surface area contributed by atoms with Gasteiger partial charge in [0.15, 0.2) is 6.61 Å². The highest BCUT2D eigenvalue weighted by Gasteiger charge is 2.10. The SMILES string of the molecule is Cc1ccc(-c2cc(OCC(=O)NCCc3ccccc3)c3ccccc3n2)cc1. The van der Waals surface area contributed by atoms with Crippen LogP contribution in [-0.4, -0.2) is 24.0 Å². The van der Waals surface area contributed by atoms with Gasteiger partial charge in [-0.1, -0.05) is 72.3 Å². The fourth-order valence-electron chi connectivity index (χ4n) is 3.32. The van der Waals surface area contributed by atoms with E-state index in [1.807, 2.05) is 60.7 Å². The molecule has 0 saturated heterocycles. The fraction of sp³-hybridized carbons (Fsp3) is 0.154. The Labute approximate surface area is 176 Å². The topological polar surface area (TPSA) is 51.2 Å². The Hall–Kier alpha value is -3.66. The number of carbonyl (C=O) groups is 1. The van der Waals surface area contributed by atoms with E-state index in [0.717, 1.165) is 28.6 Å². The summed E-state index contributed by atoms with van der Waals surface area (Å²) in [5.41, 5.74) is 5.08. The molecule has 1 N–H and O–H groups in total. The summed E-state index contributed by atoms with van der Waals surface area (Å²) in [7, 11) is 0. The van der Waals surface area contributed by atoms with Crippen molar-refractivity contribution in [1.82, 2.24) is 10.3 Å². The van der Waals surface area contributed by atoms with E-state index in [1.54, 1.807) is 0 Å². The van der Waals surface area contributed by atoms with E-state index in [2.05, 4.69) is 36.5 Å². The van der Waals surface area contributed by atoms with Gasteiger partial charge in [0.1, 0.15) is 5.75 Å². The number of hydrogen-bond acceptors (Lipinski definition) is 3. The van der Waals surface area contributed by atoms with Gasteiger partial charge in [-0.15, -0.1) is 0 Å². The number of aryl methyl sites for hydroxylation is 1. The number of nitrogens with zero attached hydrogens (tertiary/aromatic N) is 1. The van der Waals surface area contributed by atoms with Crippen LogP contribution in [0.5, 0.6) is 5.75 Å². The molecular formula is C26H24N2O2. The summed E-state index contributed by atoms with van der Waals surface area (Å²) >= 11 is 0. The van der Waals surface area contributed by atoms with Crippen LogP contribution in [0.4, 0.5) is 0 Å². The molecule has 0 saturated carbocycles. The van der Waals surface area contributed by atoms with E-state index in [1.165, 1.54) is 11.1 Å². The molecule has 4 heteroatoms. The van der Waals surface area contributed by atoms with Crippen molar-refractivity contribution >= 4 is 16.8 Å². The number of amides is 1.